The molecule has 0 aromatic rings. The third-order valence-corrected chi connectivity index (χ3v) is 3.16. The third-order valence-electron chi connectivity index (χ3n) is 2.59. The molecule has 1 nitrogen and oxygen atoms in total. The molecule has 9 heavy (non-hydrogen) atoms. The summed E-state index contributed by atoms with van der Waals surface area (Å²) >= 11 is 4.50. The van der Waals surface area contributed by atoms with Gasteiger partial charge < -0.3 is 5.32 Å². The summed E-state index contributed by atoms with van der Waals surface area (Å²) in [7, 11) is 0. The Hall–Kier alpha value is 0.310. The second-order valence-corrected chi connectivity index (χ2v) is 3.92. The number of nitrogens with one attached hydrogen (secondary N) is 1. The van der Waals surface area contributed by atoms with E-state index in [-0.39, 0.29) is 0 Å². The topological polar surface area (TPSA) is 12.0 Å². The van der Waals surface area contributed by atoms with Crippen molar-refractivity contribution >= 4 is 12.6 Å². The number of fused-ring (bicyclic) bond motifs is 3. The van der Waals surface area contributed by atoms with E-state index in [0.717, 1.165) is 12.0 Å². The van der Waals surface area contributed by atoms with Crippen molar-refractivity contribution in [3.8, 4) is 0 Å². The molecule has 3 fully saturated rings. The Balaban J connectivity index is 2.06. The highest BCUT2D eigenvalue weighted by molar-refractivity contribution is 7.81. The van der Waals surface area contributed by atoms with Crippen LogP contribution < -0.4 is 5.32 Å². The Labute approximate surface area is 61.6 Å². The smallest absolute Gasteiger partial charge is 0.0184 e. The molecular weight excluding hydrogens is 130 g/mol. The number of piperidine rings is 2. The third kappa shape index (κ3) is 0.987. The Morgan fingerprint density at radius 3 is 2.44 bits per heavy atom. The molecule has 2 heteroatoms. The number of hydrogen-bond acceptors (Lipinski definition) is 2. The number of rotatable bonds is 0. The molecule has 0 aromatic carbocycles. The molecule has 3 rings (SSSR count). The fourth-order valence-corrected chi connectivity index (χ4v) is 2.53. The molecule has 1 N–H and O–H groups in total. The molecule has 2 bridgehead atoms. The molecule has 3 aliphatic rings. The Morgan fingerprint density at radius 1 is 1.33 bits per heavy atom. The van der Waals surface area contributed by atoms with Crippen LogP contribution in [0.5, 0.6) is 0 Å². The van der Waals surface area contributed by atoms with Gasteiger partial charge in [0.05, 0.1) is 0 Å². The van der Waals surface area contributed by atoms with E-state index >= 15 is 0 Å². The van der Waals surface area contributed by atoms with Gasteiger partial charge in [0.15, 0.2) is 0 Å². The van der Waals surface area contributed by atoms with Crippen LogP contribution in [0.15, 0.2) is 0 Å². The summed E-state index contributed by atoms with van der Waals surface area (Å²) in [6.45, 7) is 1.25. The van der Waals surface area contributed by atoms with Gasteiger partial charge in [0.1, 0.15) is 0 Å². The van der Waals surface area contributed by atoms with E-state index in [1.165, 1.54) is 25.8 Å². The quantitative estimate of drug-likeness (QED) is 0.483. The zero-order valence-corrected chi connectivity index (χ0v) is 6.40. The lowest BCUT2D eigenvalue weighted by Crippen LogP contribution is -2.50. The van der Waals surface area contributed by atoms with Crippen molar-refractivity contribution in [1.82, 2.24) is 5.32 Å². The van der Waals surface area contributed by atoms with Crippen LogP contribution in [0.4, 0.5) is 0 Å². The van der Waals surface area contributed by atoms with Crippen LogP contribution in [0.2, 0.25) is 0 Å². The minimum absolute atomic E-state index is 0.650. The molecule has 2 saturated heterocycles. The van der Waals surface area contributed by atoms with Gasteiger partial charge in [-0.2, -0.15) is 12.6 Å². The lowest BCUT2D eigenvalue weighted by molar-refractivity contribution is 0.222. The predicted octanol–water partition coefficient (Wildman–Crippen LogP) is 1.06. The molecule has 3 unspecified atom stereocenters. The molecule has 0 amide bonds. The average molecular weight is 143 g/mol. The van der Waals surface area contributed by atoms with Gasteiger partial charge in [0.2, 0.25) is 0 Å². The molecule has 0 aromatic heterocycles. The Kier molecular flexibility index (Phi) is 1.46. The second-order valence-electron chi connectivity index (χ2n) is 3.26. The van der Waals surface area contributed by atoms with Gasteiger partial charge in [-0.15, -0.1) is 0 Å². The summed E-state index contributed by atoms with van der Waals surface area (Å²) in [5.41, 5.74) is 0. The normalized spacial score (nSPS) is 49.7. The van der Waals surface area contributed by atoms with E-state index in [1.54, 1.807) is 0 Å². The molecule has 2 aliphatic heterocycles. The van der Waals surface area contributed by atoms with Gasteiger partial charge in [0.25, 0.3) is 0 Å². The average Bonchev–Trinajstić information content (AvgIpc) is 1.90. The van der Waals surface area contributed by atoms with Gasteiger partial charge >= 0.3 is 0 Å². The summed E-state index contributed by atoms with van der Waals surface area (Å²) in [6.07, 6.45) is 4.15. The second kappa shape index (κ2) is 2.17. The highest BCUT2D eigenvalue weighted by atomic mass is 32.1. The maximum Gasteiger partial charge on any atom is 0.0184 e. The van der Waals surface area contributed by atoms with Gasteiger partial charge in [-0.25, -0.2) is 0 Å². The molecule has 52 valence electrons. The van der Waals surface area contributed by atoms with Gasteiger partial charge in [-0.1, -0.05) is 0 Å². The fraction of sp³-hybridized carbons (Fsp3) is 1.00. The van der Waals surface area contributed by atoms with Gasteiger partial charge in [-0.3, -0.25) is 0 Å². The van der Waals surface area contributed by atoms with Crippen molar-refractivity contribution in [2.45, 2.75) is 30.6 Å². The Bertz CT molecular complexity index is 107. The van der Waals surface area contributed by atoms with Crippen molar-refractivity contribution in [3.05, 3.63) is 0 Å². The van der Waals surface area contributed by atoms with Crippen molar-refractivity contribution in [2.24, 2.45) is 5.92 Å². The van der Waals surface area contributed by atoms with Crippen LogP contribution >= 0.6 is 12.6 Å². The summed E-state index contributed by atoms with van der Waals surface area (Å²) in [6, 6.07) is 0.735. The van der Waals surface area contributed by atoms with Crippen LogP contribution in [0.3, 0.4) is 0 Å². The SMILES string of the molecule is SC1CC2CCC1NC2. The molecule has 2 heterocycles. The zero-order valence-electron chi connectivity index (χ0n) is 5.51. The maximum atomic E-state index is 4.50. The van der Waals surface area contributed by atoms with E-state index in [4.69, 9.17) is 0 Å². The minimum atomic E-state index is 0.650. The van der Waals surface area contributed by atoms with Gasteiger partial charge in [0, 0.05) is 11.3 Å². The highest BCUT2D eigenvalue weighted by Crippen LogP contribution is 2.31. The first-order valence-corrected chi connectivity index (χ1v) is 4.29. The lowest BCUT2D eigenvalue weighted by atomic mass is 9.81. The summed E-state index contributed by atoms with van der Waals surface area (Å²) < 4.78 is 0. The minimum Gasteiger partial charge on any atom is -0.313 e. The highest BCUT2D eigenvalue weighted by Gasteiger charge is 2.32. The standard InChI is InChI=1S/C7H13NS/c9-7-3-5-1-2-6(7)8-4-5/h5-9H,1-4H2. The zero-order chi connectivity index (χ0) is 6.27. The van der Waals surface area contributed by atoms with E-state index in [0.29, 0.717) is 5.25 Å². The summed E-state index contributed by atoms with van der Waals surface area (Å²) in [5.74, 6) is 0.942. The molecule has 1 saturated carbocycles. The predicted molar refractivity (Wildman–Crippen MR) is 41.9 cm³/mol. The first-order valence-electron chi connectivity index (χ1n) is 3.78. The van der Waals surface area contributed by atoms with Crippen molar-refractivity contribution < 1.29 is 0 Å². The molecule has 0 radical (unpaired) electrons. The van der Waals surface area contributed by atoms with Crippen LogP contribution in [0.25, 0.3) is 0 Å². The number of hydrogen-bond donors (Lipinski definition) is 2. The van der Waals surface area contributed by atoms with E-state index in [9.17, 15) is 0 Å². The monoisotopic (exact) mass is 143 g/mol. The van der Waals surface area contributed by atoms with Crippen LogP contribution in [0.1, 0.15) is 19.3 Å². The van der Waals surface area contributed by atoms with Crippen molar-refractivity contribution in [2.75, 3.05) is 6.54 Å². The number of thiol groups is 1. The molecular formula is C7H13NS. The Morgan fingerprint density at radius 2 is 2.22 bits per heavy atom. The van der Waals surface area contributed by atoms with Crippen LogP contribution in [-0.2, 0) is 0 Å². The van der Waals surface area contributed by atoms with Crippen molar-refractivity contribution in [3.63, 3.8) is 0 Å². The first-order chi connectivity index (χ1) is 4.36. The van der Waals surface area contributed by atoms with E-state index in [2.05, 4.69) is 17.9 Å². The lowest BCUT2D eigenvalue weighted by Gasteiger charge is -2.41. The molecule has 3 atom stereocenters. The van der Waals surface area contributed by atoms with E-state index < -0.39 is 0 Å². The largest absolute Gasteiger partial charge is 0.313 e. The van der Waals surface area contributed by atoms with Crippen LogP contribution in [-0.4, -0.2) is 17.8 Å². The summed E-state index contributed by atoms with van der Waals surface area (Å²) in [5, 5.41) is 4.14. The van der Waals surface area contributed by atoms with Crippen LogP contribution in [0, 0.1) is 5.92 Å². The van der Waals surface area contributed by atoms with E-state index in [1.807, 2.05) is 0 Å². The fourth-order valence-electron chi connectivity index (χ4n) is 1.97. The molecule has 1 aliphatic carbocycles. The summed E-state index contributed by atoms with van der Waals surface area (Å²) in [4.78, 5) is 0. The van der Waals surface area contributed by atoms with Crippen molar-refractivity contribution in [1.29, 1.82) is 0 Å². The van der Waals surface area contributed by atoms with Gasteiger partial charge in [-0.05, 0) is 31.7 Å². The first kappa shape index (κ1) is 6.05. The maximum absolute atomic E-state index is 4.50. The molecule has 0 spiro atoms.